The summed E-state index contributed by atoms with van der Waals surface area (Å²) in [6.07, 6.45) is 11.0. The Bertz CT molecular complexity index is 694. The van der Waals surface area contributed by atoms with Crippen molar-refractivity contribution in [3.05, 3.63) is 30.1 Å². The molecular formula is C22H35N5O4. The Morgan fingerprint density at radius 1 is 1.06 bits per heavy atom. The highest BCUT2D eigenvalue weighted by Crippen LogP contribution is 2.27. The van der Waals surface area contributed by atoms with Crippen LogP contribution in [0.15, 0.2) is 24.5 Å². The lowest BCUT2D eigenvalue weighted by Gasteiger charge is -2.27. The summed E-state index contributed by atoms with van der Waals surface area (Å²) in [5, 5.41) is 17.5. The molecule has 0 saturated heterocycles. The molecule has 1 aliphatic rings. The minimum absolute atomic E-state index is 0.271. The van der Waals surface area contributed by atoms with E-state index in [0.717, 1.165) is 31.2 Å². The average Bonchev–Trinajstić information content (AvgIpc) is 2.77. The standard InChI is InChI=1S/C22H35N5O4/c23-11-5-4-8-18(21(29)30)26-22(31)27-19(14-16-6-2-1-3-7-16)20(28)25-15-17-9-12-24-13-10-17/h9-10,12-13,16,18-19H,1-8,11,14-15,23H2,(H,25,28)(H,29,30)(H2,26,27,31)/t18-,19+/m0/s1. The Balaban J connectivity index is 1.96. The maximum Gasteiger partial charge on any atom is 0.326 e. The van der Waals surface area contributed by atoms with Gasteiger partial charge in [0.2, 0.25) is 5.91 Å². The first-order chi connectivity index (χ1) is 15.0. The summed E-state index contributed by atoms with van der Waals surface area (Å²) in [5.41, 5.74) is 6.37. The lowest BCUT2D eigenvalue weighted by Crippen LogP contribution is -2.53. The molecule has 9 heteroatoms. The number of carbonyl (C=O) groups is 3. The second kappa shape index (κ2) is 13.6. The number of aliphatic carboxylic acids is 1. The van der Waals surface area contributed by atoms with E-state index < -0.39 is 24.1 Å². The van der Waals surface area contributed by atoms with Gasteiger partial charge in [0.25, 0.3) is 0 Å². The molecule has 1 aromatic heterocycles. The number of aromatic nitrogens is 1. The molecule has 2 rings (SSSR count). The highest BCUT2D eigenvalue weighted by Gasteiger charge is 2.27. The quantitative estimate of drug-likeness (QED) is 0.318. The Kier molecular flexibility index (Phi) is 10.8. The van der Waals surface area contributed by atoms with Gasteiger partial charge < -0.3 is 26.8 Å². The van der Waals surface area contributed by atoms with Crippen molar-refractivity contribution < 1.29 is 19.5 Å². The normalized spacial score (nSPS) is 16.2. The molecule has 9 nitrogen and oxygen atoms in total. The number of pyridine rings is 1. The van der Waals surface area contributed by atoms with E-state index in [9.17, 15) is 19.5 Å². The van der Waals surface area contributed by atoms with E-state index in [2.05, 4.69) is 20.9 Å². The maximum absolute atomic E-state index is 12.9. The zero-order valence-electron chi connectivity index (χ0n) is 18.0. The molecule has 1 fully saturated rings. The van der Waals surface area contributed by atoms with Gasteiger partial charge in [-0.3, -0.25) is 9.78 Å². The van der Waals surface area contributed by atoms with Crippen LogP contribution in [0.25, 0.3) is 0 Å². The van der Waals surface area contributed by atoms with Crippen molar-refractivity contribution in [3.63, 3.8) is 0 Å². The van der Waals surface area contributed by atoms with Crippen molar-refractivity contribution in [2.75, 3.05) is 6.54 Å². The monoisotopic (exact) mass is 433 g/mol. The number of unbranched alkanes of at least 4 members (excludes halogenated alkanes) is 1. The molecule has 1 aromatic rings. The molecule has 0 aromatic carbocycles. The van der Waals surface area contributed by atoms with E-state index >= 15 is 0 Å². The van der Waals surface area contributed by atoms with Gasteiger partial charge in [-0.15, -0.1) is 0 Å². The van der Waals surface area contributed by atoms with E-state index in [-0.39, 0.29) is 5.91 Å². The van der Waals surface area contributed by atoms with E-state index in [4.69, 9.17) is 5.73 Å². The van der Waals surface area contributed by atoms with Gasteiger partial charge in [-0.1, -0.05) is 32.1 Å². The first-order valence-corrected chi connectivity index (χ1v) is 11.2. The van der Waals surface area contributed by atoms with Gasteiger partial charge in [0.05, 0.1) is 0 Å². The summed E-state index contributed by atoms with van der Waals surface area (Å²) in [5.74, 6) is -1.00. The van der Waals surface area contributed by atoms with E-state index in [1.165, 1.54) is 6.42 Å². The Morgan fingerprint density at radius 2 is 1.74 bits per heavy atom. The van der Waals surface area contributed by atoms with E-state index in [1.807, 2.05) is 12.1 Å². The summed E-state index contributed by atoms with van der Waals surface area (Å²) >= 11 is 0. The lowest BCUT2D eigenvalue weighted by molar-refractivity contribution is -0.139. The second-order valence-electron chi connectivity index (χ2n) is 8.16. The predicted octanol–water partition coefficient (Wildman–Crippen LogP) is 1.92. The Labute approximate surface area is 183 Å². The average molecular weight is 434 g/mol. The van der Waals surface area contributed by atoms with Crippen LogP contribution in [0, 0.1) is 5.92 Å². The molecule has 172 valence electrons. The molecule has 3 amide bonds. The highest BCUT2D eigenvalue weighted by molar-refractivity contribution is 5.88. The third kappa shape index (κ3) is 9.33. The largest absolute Gasteiger partial charge is 0.480 e. The molecule has 1 heterocycles. The Hall–Kier alpha value is -2.68. The van der Waals surface area contributed by atoms with Crippen molar-refractivity contribution in [1.82, 2.24) is 20.9 Å². The van der Waals surface area contributed by atoms with Crippen LogP contribution >= 0.6 is 0 Å². The van der Waals surface area contributed by atoms with Crippen molar-refractivity contribution in [2.45, 2.75) is 76.4 Å². The smallest absolute Gasteiger partial charge is 0.326 e. The molecule has 0 aliphatic heterocycles. The first kappa shape index (κ1) is 24.6. The molecule has 0 unspecified atom stereocenters. The number of carboxylic acids is 1. The molecule has 0 spiro atoms. The van der Waals surface area contributed by atoms with Gasteiger partial charge in [0.15, 0.2) is 0 Å². The fourth-order valence-corrected chi connectivity index (χ4v) is 3.91. The topological polar surface area (TPSA) is 146 Å². The number of nitrogens with one attached hydrogen (secondary N) is 3. The fraction of sp³-hybridized carbons (Fsp3) is 0.636. The molecule has 1 aliphatic carbocycles. The van der Waals surface area contributed by atoms with Gasteiger partial charge in [-0.2, -0.15) is 0 Å². The van der Waals surface area contributed by atoms with Crippen LogP contribution in [0.2, 0.25) is 0 Å². The van der Waals surface area contributed by atoms with E-state index in [1.54, 1.807) is 12.4 Å². The number of amides is 3. The van der Waals surface area contributed by atoms with Crippen LogP contribution in [0.5, 0.6) is 0 Å². The molecule has 0 radical (unpaired) electrons. The lowest BCUT2D eigenvalue weighted by atomic mass is 9.84. The summed E-state index contributed by atoms with van der Waals surface area (Å²) in [6, 6.07) is 1.26. The number of urea groups is 1. The summed E-state index contributed by atoms with van der Waals surface area (Å²) in [6.45, 7) is 0.808. The fourth-order valence-electron chi connectivity index (χ4n) is 3.91. The van der Waals surface area contributed by atoms with Crippen LogP contribution in [-0.4, -0.2) is 46.6 Å². The van der Waals surface area contributed by atoms with Gasteiger partial charge >= 0.3 is 12.0 Å². The zero-order valence-corrected chi connectivity index (χ0v) is 18.0. The third-order valence-electron chi connectivity index (χ3n) is 5.68. The minimum Gasteiger partial charge on any atom is -0.480 e. The van der Waals surface area contributed by atoms with Crippen molar-refractivity contribution in [1.29, 1.82) is 0 Å². The van der Waals surface area contributed by atoms with Crippen molar-refractivity contribution >= 4 is 17.9 Å². The molecule has 31 heavy (non-hydrogen) atoms. The summed E-state index contributed by atoms with van der Waals surface area (Å²) in [7, 11) is 0. The number of hydrogen-bond donors (Lipinski definition) is 5. The van der Waals surface area contributed by atoms with Crippen LogP contribution < -0.4 is 21.7 Å². The Morgan fingerprint density at radius 3 is 2.39 bits per heavy atom. The van der Waals surface area contributed by atoms with Crippen LogP contribution in [0.3, 0.4) is 0 Å². The number of nitrogens with zero attached hydrogens (tertiary/aromatic N) is 1. The van der Waals surface area contributed by atoms with Crippen LogP contribution in [0.1, 0.15) is 63.4 Å². The molecular weight excluding hydrogens is 398 g/mol. The number of rotatable bonds is 12. The van der Waals surface area contributed by atoms with Gasteiger partial charge in [-0.25, -0.2) is 9.59 Å². The van der Waals surface area contributed by atoms with Crippen LogP contribution in [0.4, 0.5) is 4.79 Å². The molecule has 6 N–H and O–H groups in total. The molecule has 0 bridgehead atoms. The zero-order chi connectivity index (χ0) is 22.5. The summed E-state index contributed by atoms with van der Waals surface area (Å²) < 4.78 is 0. The second-order valence-corrected chi connectivity index (χ2v) is 8.16. The van der Waals surface area contributed by atoms with Gasteiger partial charge in [-0.05, 0) is 55.8 Å². The van der Waals surface area contributed by atoms with Crippen molar-refractivity contribution in [3.8, 4) is 0 Å². The van der Waals surface area contributed by atoms with E-state index in [0.29, 0.717) is 44.7 Å². The number of carbonyl (C=O) groups excluding carboxylic acids is 2. The maximum atomic E-state index is 12.9. The highest BCUT2D eigenvalue weighted by atomic mass is 16.4. The first-order valence-electron chi connectivity index (χ1n) is 11.2. The van der Waals surface area contributed by atoms with Gasteiger partial charge in [0, 0.05) is 18.9 Å². The predicted molar refractivity (Wildman–Crippen MR) is 117 cm³/mol. The molecule has 1 saturated carbocycles. The number of hydrogen-bond acceptors (Lipinski definition) is 5. The molecule has 2 atom stereocenters. The minimum atomic E-state index is -1.10. The summed E-state index contributed by atoms with van der Waals surface area (Å²) in [4.78, 5) is 40.8. The number of nitrogens with two attached hydrogens (primary N) is 1. The SMILES string of the molecule is NCCCC[C@H](NC(=O)N[C@H](CC1CCCCC1)C(=O)NCc1ccncc1)C(=O)O. The van der Waals surface area contributed by atoms with Gasteiger partial charge in [0.1, 0.15) is 12.1 Å². The number of carboxylic acid groups (broad SMARTS) is 1. The van der Waals surface area contributed by atoms with Crippen molar-refractivity contribution in [2.24, 2.45) is 11.7 Å². The third-order valence-corrected chi connectivity index (χ3v) is 5.68. The van der Waals surface area contributed by atoms with Crippen LogP contribution in [-0.2, 0) is 16.1 Å².